The molecule has 0 saturated heterocycles. The van der Waals surface area contributed by atoms with Gasteiger partial charge in [0.2, 0.25) is 0 Å². The highest BCUT2D eigenvalue weighted by molar-refractivity contribution is 7.10. The van der Waals surface area contributed by atoms with Gasteiger partial charge < -0.3 is 5.11 Å². The minimum atomic E-state index is -0.0397. The van der Waals surface area contributed by atoms with E-state index in [4.69, 9.17) is 0 Å². The molecule has 2 rings (SSSR count). The number of aliphatic hydroxyl groups is 1. The van der Waals surface area contributed by atoms with Crippen LogP contribution in [0.1, 0.15) is 30.6 Å². The first-order chi connectivity index (χ1) is 5.83. The van der Waals surface area contributed by atoms with Crippen molar-refractivity contribution in [2.45, 2.75) is 31.8 Å². The summed E-state index contributed by atoms with van der Waals surface area (Å²) in [6.45, 7) is 2.16. The van der Waals surface area contributed by atoms with Crippen molar-refractivity contribution in [3.63, 3.8) is 0 Å². The molecule has 0 aromatic carbocycles. The standard InChI is InChI=1S/C10H14OS/c1-2-7-8(6-9(7)11)10-4-3-5-12-10/h3-5,7-9,11H,2,6H2,1H3. The SMILES string of the molecule is CCC1C(O)CC1c1cccs1. The maximum atomic E-state index is 9.48. The quantitative estimate of drug-likeness (QED) is 0.745. The van der Waals surface area contributed by atoms with Crippen molar-refractivity contribution < 1.29 is 5.11 Å². The van der Waals surface area contributed by atoms with Gasteiger partial charge in [-0.2, -0.15) is 0 Å². The Morgan fingerprint density at radius 2 is 2.50 bits per heavy atom. The Morgan fingerprint density at radius 3 is 3.00 bits per heavy atom. The monoisotopic (exact) mass is 182 g/mol. The predicted octanol–water partition coefficient (Wildman–Crippen LogP) is 2.62. The van der Waals surface area contributed by atoms with Gasteiger partial charge in [0, 0.05) is 10.8 Å². The molecular formula is C10H14OS. The zero-order chi connectivity index (χ0) is 8.55. The van der Waals surface area contributed by atoms with Crippen LogP contribution < -0.4 is 0 Å². The summed E-state index contributed by atoms with van der Waals surface area (Å²) in [6.07, 6.45) is 2.03. The van der Waals surface area contributed by atoms with E-state index in [-0.39, 0.29) is 6.10 Å². The van der Waals surface area contributed by atoms with Crippen molar-refractivity contribution in [2.24, 2.45) is 5.92 Å². The highest BCUT2D eigenvalue weighted by atomic mass is 32.1. The van der Waals surface area contributed by atoms with Crippen LogP contribution in [-0.4, -0.2) is 11.2 Å². The molecule has 0 radical (unpaired) electrons. The van der Waals surface area contributed by atoms with Crippen LogP contribution in [0.25, 0.3) is 0 Å². The molecular weight excluding hydrogens is 168 g/mol. The van der Waals surface area contributed by atoms with Gasteiger partial charge in [0.1, 0.15) is 0 Å². The molecule has 12 heavy (non-hydrogen) atoms. The van der Waals surface area contributed by atoms with Crippen LogP contribution in [0.2, 0.25) is 0 Å². The van der Waals surface area contributed by atoms with E-state index in [0.717, 1.165) is 12.8 Å². The van der Waals surface area contributed by atoms with E-state index in [2.05, 4.69) is 24.4 Å². The second kappa shape index (κ2) is 3.19. The molecule has 1 aliphatic carbocycles. The summed E-state index contributed by atoms with van der Waals surface area (Å²) in [7, 11) is 0. The normalized spacial score (nSPS) is 34.7. The fourth-order valence-electron chi connectivity index (χ4n) is 2.07. The second-order valence-electron chi connectivity index (χ2n) is 3.50. The molecule has 1 aliphatic rings. The first kappa shape index (κ1) is 8.27. The van der Waals surface area contributed by atoms with Crippen molar-refractivity contribution >= 4 is 11.3 Å². The van der Waals surface area contributed by atoms with Crippen molar-refractivity contribution in [2.75, 3.05) is 0 Å². The van der Waals surface area contributed by atoms with E-state index in [1.165, 1.54) is 4.88 Å². The summed E-state index contributed by atoms with van der Waals surface area (Å²) in [5.41, 5.74) is 0. The molecule has 1 aromatic rings. The molecule has 1 heterocycles. The zero-order valence-corrected chi connectivity index (χ0v) is 8.05. The summed E-state index contributed by atoms with van der Waals surface area (Å²) in [5, 5.41) is 11.6. The lowest BCUT2D eigenvalue weighted by molar-refractivity contribution is 0.000489. The molecule has 3 unspecified atom stereocenters. The molecule has 1 N–H and O–H groups in total. The highest BCUT2D eigenvalue weighted by Crippen LogP contribution is 2.45. The van der Waals surface area contributed by atoms with Crippen LogP contribution >= 0.6 is 11.3 Å². The predicted molar refractivity (Wildman–Crippen MR) is 51.5 cm³/mol. The lowest BCUT2D eigenvalue weighted by atomic mass is 9.69. The number of thiophene rings is 1. The average molecular weight is 182 g/mol. The summed E-state index contributed by atoms with van der Waals surface area (Å²) in [4.78, 5) is 1.45. The van der Waals surface area contributed by atoms with Gasteiger partial charge in [-0.3, -0.25) is 0 Å². The third-order valence-corrected chi connectivity index (χ3v) is 3.89. The Balaban J connectivity index is 2.08. The third-order valence-electron chi connectivity index (χ3n) is 2.89. The molecule has 1 aromatic heterocycles. The Kier molecular flexibility index (Phi) is 2.20. The van der Waals surface area contributed by atoms with E-state index in [0.29, 0.717) is 11.8 Å². The summed E-state index contributed by atoms with van der Waals surface area (Å²) < 4.78 is 0. The van der Waals surface area contributed by atoms with Crippen LogP contribution in [0.5, 0.6) is 0 Å². The Labute approximate surface area is 77.0 Å². The van der Waals surface area contributed by atoms with E-state index >= 15 is 0 Å². The van der Waals surface area contributed by atoms with Crippen LogP contribution in [0.4, 0.5) is 0 Å². The van der Waals surface area contributed by atoms with Crippen molar-refractivity contribution in [3.05, 3.63) is 22.4 Å². The van der Waals surface area contributed by atoms with Gasteiger partial charge >= 0.3 is 0 Å². The minimum Gasteiger partial charge on any atom is -0.393 e. The summed E-state index contributed by atoms with van der Waals surface area (Å²) in [5.74, 6) is 1.16. The van der Waals surface area contributed by atoms with Gasteiger partial charge in [-0.1, -0.05) is 19.4 Å². The minimum absolute atomic E-state index is 0.0397. The highest BCUT2D eigenvalue weighted by Gasteiger charge is 2.39. The number of aliphatic hydroxyl groups excluding tert-OH is 1. The second-order valence-corrected chi connectivity index (χ2v) is 4.48. The van der Waals surface area contributed by atoms with Crippen LogP contribution in [0.15, 0.2) is 17.5 Å². The molecule has 66 valence electrons. The summed E-state index contributed by atoms with van der Waals surface area (Å²) >= 11 is 1.82. The zero-order valence-electron chi connectivity index (χ0n) is 7.23. The molecule has 0 spiro atoms. The fraction of sp³-hybridized carbons (Fsp3) is 0.600. The van der Waals surface area contributed by atoms with E-state index in [9.17, 15) is 5.11 Å². The summed E-state index contributed by atoms with van der Waals surface area (Å²) in [6, 6.07) is 4.28. The van der Waals surface area contributed by atoms with Gasteiger partial charge in [-0.15, -0.1) is 11.3 Å². The first-order valence-corrected chi connectivity index (χ1v) is 5.42. The van der Waals surface area contributed by atoms with Crippen LogP contribution in [-0.2, 0) is 0 Å². The van der Waals surface area contributed by atoms with E-state index in [1.54, 1.807) is 0 Å². The fourth-order valence-corrected chi connectivity index (χ4v) is 2.99. The smallest absolute Gasteiger partial charge is 0.0580 e. The number of rotatable bonds is 2. The van der Waals surface area contributed by atoms with Crippen molar-refractivity contribution in [1.29, 1.82) is 0 Å². The van der Waals surface area contributed by atoms with E-state index in [1.807, 2.05) is 11.3 Å². The largest absolute Gasteiger partial charge is 0.393 e. The average Bonchev–Trinajstić information content (AvgIpc) is 2.52. The molecule has 1 nitrogen and oxygen atoms in total. The van der Waals surface area contributed by atoms with Gasteiger partial charge in [0.05, 0.1) is 6.10 Å². The lowest BCUT2D eigenvalue weighted by Gasteiger charge is -2.40. The lowest BCUT2D eigenvalue weighted by Crippen LogP contribution is -2.38. The van der Waals surface area contributed by atoms with E-state index < -0.39 is 0 Å². The van der Waals surface area contributed by atoms with Crippen molar-refractivity contribution in [3.8, 4) is 0 Å². The van der Waals surface area contributed by atoms with Gasteiger partial charge in [-0.25, -0.2) is 0 Å². The third kappa shape index (κ3) is 1.19. The molecule has 2 heteroatoms. The molecule has 1 fully saturated rings. The molecule has 0 bridgehead atoms. The Hall–Kier alpha value is -0.340. The Bertz CT molecular complexity index is 242. The maximum absolute atomic E-state index is 9.48. The van der Waals surface area contributed by atoms with Crippen LogP contribution in [0, 0.1) is 5.92 Å². The number of hydrogen-bond donors (Lipinski definition) is 1. The van der Waals surface area contributed by atoms with Gasteiger partial charge in [-0.05, 0) is 23.8 Å². The molecule has 3 atom stereocenters. The topological polar surface area (TPSA) is 20.2 Å². The van der Waals surface area contributed by atoms with Crippen LogP contribution in [0.3, 0.4) is 0 Å². The van der Waals surface area contributed by atoms with Gasteiger partial charge in [0.15, 0.2) is 0 Å². The Morgan fingerprint density at radius 1 is 1.67 bits per heavy atom. The van der Waals surface area contributed by atoms with Gasteiger partial charge in [0.25, 0.3) is 0 Å². The maximum Gasteiger partial charge on any atom is 0.0580 e. The molecule has 1 saturated carbocycles. The number of hydrogen-bond acceptors (Lipinski definition) is 2. The van der Waals surface area contributed by atoms with Crippen molar-refractivity contribution in [1.82, 2.24) is 0 Å². The molecule has 0 amide bonds. The molecule has 0 aliphatic heterocycles. The first-order valence-electron chi connectivity index (χ1n) is 4.54.